The van der Waals surface area contributed by atoms with Crippen molar-refractivity contribution in [3.05, 3.63) is 168 Å². The third-order valence-corrected chi connectivity index (χ3v) is 11.4. The molecular formula is C43H40N8O8S2. The first-order chi connectivity index (χ1) is 29.1. The molecule has 0 aliphatic heterocycles. The maximum Gasteiger partial charge on any atom is 0.333 e. The molecule has 0 radical (unpaired) electrons. The molecule has 0 atom stereocenters. The maximum absolute atomic E-state index is 12.8. The molecule has 0 fully saturated rings. The maximum atomic E-state index is 12.8. The van der Waals surface area contributed by atoms with Gasteiger partial charge in [0.25, 0.3) is 20.0 Å². The minimum absolute atomic E-state index is 0.187. The lowest BCUT2D eigenvalue weighted by Crippen LogP contribution is -2.34. The SMILES string of the molecule is Cc1cccc(NC(=O)Nc2ccc(S(=O)(=O)NC(=O)Nc3ccc(Cc4ccc(NC(=O)NS(=O)(=O)c5ccc(NC(=O)Nc6cccc(C)c6)cc5)cc4)cc3)cc2)c1. The van der Waals surface area contributed by atoms with Gasteiger partial charge >= 0.3 is 24.1 Å². The number of carbonyl (C=O) groups excluding carboxylic acids is 4. The van der Waals surface area contributed by atoms with E-state index in [0.717, 1.165) is 22.3 Å². The zero-order valence-electron chi connectivity index (χ0n) is 32.6. The predicted octanol–water partition coefficient (Wildman–Crippen LogP) is 8.20. The number of hydrogen-bond acceptors (Lipinski definition) is 8. The second kappa shape index (κ2) is 18.9. The van der Waals surface area contributed by atoms with Crippen molar-refractivity contribution in [2.75, 3.05) is 31.9 Å². The molecule has 0 saturated heterocycles. The van der Waals surface area contributed by atoms with Crippen LogP contribution in [0.25, 0.3) is 0 Å². The van der Waals surface area contributed by atoms with Gasteiger partial charge in [0.1, 0.15) is 0 Å². The summed E-state index contributed by atoms with van der Waals surface area (Å²) in [5, 5.41) is 15.6. The van der Waals surface area contributed by atoms with E-state index in [1.807, 2.05) is 35.4 Å². The molecule has 0 aliphatic carbocycles. The van der Waals surface area contributed by atoms with E-state index in [0.29, 0.717) is 40.5 Å². The summed E-state index contributed by atoms with van der Waals surface area (Å²) in [7, 11) is -8.47. The Labute approximate surface area is 352 Å². The average molecular weight is 861 g/mol. The Morgan fingerprint density at radius 3 is 1.00 bits per heavy atom. The summed E-state index contributed by atoms with van der Waals surface area (Å²) in [6, 6.07) is 35.6. The largest absolute Gasteiger partial charge is 0.333 e. The summed E-state index contributed by atoms with van der Waals surface area (Å²) in [4.78, 5) is 49.5. The Bertz CT molecular complexity index is 2590. The molecule has 0 aromatic heterocycles. The highest BCUT2D eigenvalue weighted by molar-refractivity contribution is 7.90. The van der Waals surface area contributed by atoms with Crippen LogP contribution in [-0.4, -0.2) is 41.0 Å². The number of hydrogen-bond donors (Lipinski definition) is 8. The van der Waals surface area contributed by atoms with Crippen molar-refractivity contribution in [1.29, 1.82) is 0 Å². The number of anilines is 6. The van der Waals surface area contributed by atoms with Gasteiger partial charge in [-0.05, 0) is 140 Å². The number of carbonyl (C=O) groups is 4. The topological polar surface area (TPSA) is 233 Å². The van der Waals surface area contributed by atoms with Gasteiger partial charge in [-0.25, -0.2) is 45.5 Å². The lowest BCUT2D eigenvalue weighted by molar-refractivity contribution is 0.255. The smallest absolute Gasteiger partial charge is 0.308 e. The number of nitrogens with one attached hydrogen (secondary N) is 8. The van der Waals surface area contributed by atoms with Crippen LogP contribution in [0, 0.1) is 13.8 Å². The highest BCUT2D eigenvalue weighted by atomic mass is 32.2. The fraction of sp³-hybridized carbons (Fsp3) is 0.0698. The molecule has 8 amide bonds. The third-order valence-electron chi connectivity index (χ3n) is 8.68. The fourth-order valence-corrected chi connectivity index (χ4v) is 7.60. The molecule has 8 N–H and O–H groups in total. The molecule has 0 spiro atoms. The summed E-state index contributed by atoms with van der Waals surface area (Å²) >= 11 is 0. The molecule has 312 valence electrons. The quantitative estimate of drug-likeness (QED) is 0.0596. The second-order valence-corrected chi connectivity index (χ2v) is 17.0. The number of sulfonamides is 2. The lowest BCUT2D eigenvalue weighted by Gasteiger charge is -2.11. The van der Waals surface area contributed by atoms with E-state index >= 15 is 0 Å². The third kappa shape index (κ3) is 12.6. The molecular weight excluding hydrogens is 821 g/mol. The molecule has 16 nitrogen and oxygen atoms in total. The van der Waals surface area contributed by atoms with Crippen molar-refractivity contribution in [1.82, 2.24) is 9.44 Å². The number of rotatable bonds is 12. The Balaban J connectivity index is 0.933. The van der Waals surface area contributed by atoms with Gasteiger partial charge in [0.2, 0.25) is 0 Å². The zero-order valence-corrected chi connectivity index (χ0v) is 34.3. The number of amides is 8. The van der Waals surface area contributed by atoms with Crippen LogP contribution in [-0.2, 0) is 26.5 Å². The fourth-order valence-electron chi connectivity index (χ4n) is 5.79. The van der Waals surface area contributed by atoms with Gasteiger partial charge in [-0.3, -0.25) is 0 Å². The van der Waals surface area contributed by atoms with Crippen LogP contribution in [0.15, 0.2) is 155 Å². The molecule has 6 aromatic rings. The predicted molar refractivity (Wildman–Crippen MR) is 235 cm³/mol. The molecule has 61 heavy (non-hydrogen) atoms. The van der Waals surface area contributed by atoms with Crippen molar-refractivity contribution >= 4 is 78.3 Å². The normalized spacial score (nSPS) is 11.0. The van der Waals surface area contributed by atoms with Crippen LogP contribution in [0.3, 0.4) is 0 Å². The van der Waals surface area contributed by atoms with Crippen molar-refractivity contribution < 1.29 is 36.0 Å². The Hall–Kier alpha value is -7.70. The van der Waals surface area contributed by atoms with Crippen molar-refractivity contribution in [3.63, 3.8) is 0 Å². The van der Waals surface area contributed by atoms with Crippen LogP contribution < -0.4 is 41.3 Å². The van der Waals surface area contributed by atoms with Crippen LogP contribution in [0.5, 0.6) is 0 Å². The molecule has 0 aliphatic rings. The standard InChI is InChI=1S/C43H40N8O8S2/c1-28-5-3-7-36(25-28)48-40(52)44-34-17-21-38(22-18-34)60(56,57)50-42(54)46-32-13-9-30(10-14-32)27-31-11-15-33(16-12-31)47-43(55)51-61(58,59)39-23-19-35(20-24-39)45-41(53)49-37-8-4-6-29(2)26-37/h3-26H,27H2,1-2H3,(H2,44,48,52)(H2,45,49,53)(H2,46,50,54)(H2,47,51,55). The molecule has 0 unspecified atom stereocenters. The number of urea groups is 4. The molecule has 0 heterocycles. The zero-order chi connectivity index (χ0) is 43.6. The van der Waals surface area contributed by atoms with Crippen molar-refractivity contribution in [3.8, 4) is 0 Å². The molecule has 6 rings (SSSR count). The van der Waals surface area contributed by atoms with Gasteiger partial charge in [-0.1, -0.05) is 48.5 Å². The summed E-state index contributed by atoms with van der Waals surface area (Å²) in [6.07, 6.45) is 0.471. The van der Waals surface area contributed by atoms with Gasteiger partial charge in [0.15, 0.2) is 0 Å². The van der Waals surface area contributed by atoms with Crippen LogP contribution >= 0.6 is 0 Å². The second-order valence-electron chi connectivity index (χ2n) is 13.6. The first-order valence-electron chi connectivity index (χ1n) is 18.4. The van der Waals surface area contributed by atoms with Crippen molar-refractivity contribution in [2.45, 2.75) is 30.1 Å². The summed E-state index contributed by atoms with van der Waals surface area (Å²) in [6.45, 7) is 3.79. The summed E-state index contributed by atoms with van der Waals surface area (Å²) < 4.78 is 55.3. The minimum atomic E-state index is -4.24. The van der Waals surface area contributed by atoms with Crippen LogP contribution in [0.4, 0.5) is 53.3 Å². The van der Waals surface area contributed by atoms with E-state index in [4.69, 9.17) is 0 Å². The molecule has 0 saturated carbocycles. The van der Waals surface area contributed by atoms with Gasteiger partial charge in [-0.2, -0.15) is 0 Å². The van der Waals surface area contributed by atoms with Gasteiger partial charge in [0, 0.05) is 34.1 Å². The number of benzene rings is 6. The summed E-state index contributed by atoms with van der Waals surface area (Å²) in [5.41, 5.74) is 6.22. The van der Waals surface area contributed by atoms with Crippen molar-refractivity contribution in [2.24, 2.45) is 0 Å². The highest BCUT2D eigenvalue weighted by Crippen LogP contribution is 2.20. The Kier molecular flexibility index (Phi) is 13.3. The highest BCUT2D eigenvalue weighted by Gasteiger charge is 2.20. The molecule has 18 heteroatoms. The Morgan fingerprint density at radius 1 is 0.377 bits per heavy atom. The lowest BCUT2D eigenvalue weighted by atomic mass is 10.0. The molecule has 0 bridgehead atoms. The average Bonchev–Trinajstić information content (AvgIpc) is 3.19. The van der Waals surface area contributed by atoms with E-state index < -0.39 is 44.2 Å². The summed E-state index contributed by atoms with van der Waals surface area (Å²) in [5.74, 6) is 0. The van der Waals surface area contributed by atoms with E-state index in [1.54, 1.807) is 84.9 Å². The van der Waals surface area contributed by atoms with Gasteiger partial charge in [-0.15, -0.1) is 0 Å². The van der Waals surface area contributed by atoms with E-state index in [2.05, 4.69) is 31.9 Å². The van der Waals surface area contributed by atoms with E-state index in [9.17, 15) is 36.0 Å². The van der Waals surface area contributed by atoms with Gasteiger partial charge in [0.05, 0.1) is 9.79 Å². The number of aryl methyl sites for hydroxylation is 2. The first kappa shape index (κ1) is 42.9. The van der Waals surface area contributed by atoms with Crippen LogP contribution in [0.2, 0.25) is 0 Å². The van der Waals surface area contributed by atoms with Gasteiger partial charge < -0.3 is 31.9 Å². The van der Waals surface area contributed by atoms with Crippen LogP contribution in [0.1, 0.15) is 22.3 Å². The first-order valence-corrected chi connectivity index (χ1v) is 21.4. The minimum Gasteiger partial charge on any atom is -0.308 e. The Morgan fingerprint density at radius 2 is 0.672 bits per heavy atom. The monoisotopic (exact) mass is 860 g/mol. The van der Waals surface area contributed by atoms with E-state index in [1.165, 1.54) is 48.5 Å². The molecule has 6 aromatic carbocycles. The van der Waals surface area contributed by atoms with E-state index in [-0.39, 0.29) is 9.79 Å².